The minimum Gasteiger partial charge on any atom is -0.336 e. The van der Waals surface area contributed by atoms with Gasteiger partial charge in [0.2, 0.25) is 0 Å². The molecule has 0 radical (unpaired) electrons. The van der Waals surface area contributed by atoms with E-state index in [1.165, 1.54) is 12.1 Å². The lowest BCUT2D eigenvalue weighted by Crippen LogP contribution is -2.48. The Labute approximate surface area is 100 Å². The molecule has 0 spiro atoms. The summed E-state index contributed by atoms with van der Waals surface area (Å²) in [6.07, 6.45) is -3.53. The molecule has 1 amide bonds. The maximum atomic E-state index is 12.6. The average Bonchev–Trinajstić information content (AvgIpc) is 3.09. The number of nitrogens with zero attached hydrogens (tertiary/aromatic N) is 2. The highest BCUT2D eigenvalue weighted by atomic mass is 19.4. The quantitative estimate of drug-likeness (QED) is 0.875. The highest BCUT2D eigenvalue weighted by molar-refractivity contribution is 5.93. The Balaban J connectivity index is 2.11. The van der Waals surface area contributed by atoms with Gasteiger partial charge in [0.1, 0.15) is 17.3 Å². The van der Waals surface area contributed by atoms with Crippen LogP contribution in [-0.2, 0) is 0 Å². The van der Waals surface area contributed by atoms with Gasteiger partial charge in [-0.25, -0.2) is 4.98 Å². The smallest absolute Gasteiger partial charge is 0.336 e. The molecule has 1 aromatic rings. The zero-order chi connectivity index (χ0) is 13.4. The first-order valence-corrected chi connectivity index (χ1v) is 5.13. The number of carbonyl (C=O) groups is 1. The number of aromatic nitrogens is 1. The maximum Gasteiger partial charge on any atom is 0.411 e. The van der Waals surface area contributed by atoms with E-state index in [0.29, 0.717) is 0 Å². The number of hydrogen-bond donors (Lipinski definition) is 1. The molecule has 0 unspecified atom stereocenters. The molecule has 1 aliphatic carbocycles. The number of nitriles is 1. The Bertz CT molecular complexity index is 512. The Kier molecular flexibility index (Phi) is 2.73. The van der Waals surface area contributed by atoms with E-state index in [1.54, 1.807) is 6.07 Å². The number of carbonyl (C=O) groups excluding carboxylic acids is 1. The Morgan fingerprint density at radius 3 is 2.50 bits per heavy atom. The third-order valence-electron chi connectivity index (χ3n) is 2.77. The minimum atomic E-state index is -4.45. The normalized spacial score (nSPS) is 16.8. The number of alkyl halides is 3. The summed E-state index contributed by atoms with van der Waals surface area (Å²) in [7, 11) is 0. The predicted molar refractivity (Wildman–Crippen MR) is 54.4 cm³/mol. The third kappa shape index (κ3) is 2.14. The van der Waals surface area contributed by atoms with Gasteiger partial charge < -0.3 is 5.32 Å². The van der Waals surface area contributed by atoms with Crippen LogP contribution in [-0.4, -0.2) is 22.6 Å². The first kappa shape index (κ1) is 12.4. The van der Waals surface area contributed by atoms with Crippen molar-refractivity contribution in [2.45, 2.75) is 24.6 Å². The number of pyridine rings is 1. The second-order valence-corrected chi connectivity index (χ2v) is 4.08. The van der Waals surface area contributed by atoms with Gasteiger partial charge in [0.15, 0.2) is 0 Å². The van der Waals surface area contributed by atoms with Crippen molar-refractivity contribution in [1.82, 2.24) is 10.3 Å². The van der Waals surface area contributed by atoms with Crippen molar-refractivity contribution >= 4 is 5.91 Å². The van der Waals surface area contributed by atoms with Gasteiger partial charge in [-0.05, 0) is 25.0 Å². The molecular formula is C11H8F3N3O. The van der Waals surface area contributed by atoms with E-state index >= 15 is 0 Å². The van der Waals surface area contributed by atoms with Crippen LogP contribution in [0.4, 0.5) is 13.2 Å². The Hall–Kier alpha value is -2.10. The van der Waals surface area contributed by atoms with Crippen molar-refractivity contribution in [2.24, 2.45) is 0 Å². The summed E-state index contributed by atoms with van der Waals surface area (Å²) in [6, 6.07) is 4.35. The monoisotopic (exact) mass is 255 g/mol. The number of hydrogen-bond acceptors (Lipinski definition) is 3. The zero-order valence-electron chi connectivity index (χ0n) is 9.08. The molecule has 0 aromatic carbocycles. The van der Waals surface area contributed by atoms with E-state index < -0.39 is 17.6 Å². The molecule has 94 valence electrons. The van der Waals surface area contributed by atoms with Crippen molar-refractivity contribution in [2.75, 3.05) is 0 Å². The fourth-order valence-electron chi connectivity index (χ4n) is 1.48. The van der Waals surface area contributed by atoms with Gasteiger partial charge in [-0.3, -0.25) is 4.79 Å². The number of halogens is 3. The van der Waals surface area contributed by atoms with Gasteiger partial charge in [0.05, 0.1) is 5.56 Å². The lowest BCUT2D eigenvalue weighted by atomic mass is 10.2. The fraction of sp³-hybridized carbons (Fsp3) is 0.364. The van der Waals surface area contributed by atoms with E-state index in [2.05, 4.69) is 4.98 Å². The van der Waals surface area contributed by atoms with Gasteiger partial charge in [-0.15, -0.1) is 0 Å². The zero-order valence-corrected chi connectivity index (χ0v) is 9.08. The number of rotatable bonds is 2. The predicted octanol–water partition coefficient (Wildman–Crippen LogP) is 1.78. The van der Waals surface area contributed by atoms with Gasteiger partial charge in [0, 0.05) is 6.20 Å². The largest absolute Gasteiger partial charge is 0.411 e. The Morgan fingerprint density at radius 2 is 2.11 bits per heavy atom. The number of amides is 1. The average molecular weight is 255 g/mol. The summed E-state index contributed by atoms with van der Waals surface area (Å²) in [5, 5.41) is 10.5. The van der Waals surface area contributed by atoms with Crippen LogP contribution in [0.25, 0.3) is 0 Å². The SMILES string of the molecule is N#Cc1ccc(C(=O)NC2(C(F)(F)F)CC2)nc1. The van der Waals surface area contributed by atoms with E-state index in [0.717, 1.165) is 6.20 Å². The summed E-state index contributed by atoms with van der Waals surface area (Å²) in [5.41, 5.74) is -1.99. The molecule has 0 bridgehead atoms. The van der Waals surface area contributed by atoms with Gasteiger partial charge in [0.25, 0.3) is 5.91 Å². The molecule has 1 aromatic heterocycles. The first-order valence-electron chi connectivity index (χ1n) is 5.13. The third-order valence-corrected chi connectivity index (χ3v) is 2.77. The summed E-state index contributed by atoms with van der Waals surface area (Å²) in [4.78, 5) is 15.2. The minimum absolute atomic E-state index is 0.113. The molecule has 7 heteroatoms. The second-order valence-electron chi connectivity index (χ2n) is 4.08. The first-order chi connectivity index (χ1) is 8.38. The second kappa shape index (κ2) is 3.98. The van der Waals surface area contributed by atoms with Crippen LogP contribution in [0, 0.1) is 11.3 Å². The van der Waals surface area contributed by atoms with Crippen LogP contribution in [0.3, 0.4) is 0 Å². The topological polar surface area (TPSA) is 65.8 Å². The molecule has 0 aliphatic heterocycles. The molecule has 0 saturated heterocycles. The molecular weight excluding hydrogens is 247 g/mol. The standard InChI is InChI=1S/C11H8F3N3O/c12-11(13,14)10(3-4-10)17-9(18)8-2-1-7(5-15)6-16-8/h1-2,6H,3-4H2,(H,17,18). The van der Waals surface area contributed by atoms with Crippen LogP contribution >= 0.6 is 0 Å². The van der Waals surface area contributed by atoms with E-state index in [1.807, 2.05) is 5.32 Å². The Morgan fingerprint density at radius 1 is 1.44 bits per heavy atom. The van der Waals surface area contributed by atoms with Crippen LogP contribution in [0.1, 0.15) is 28.9 Å². The molecule has 4 nitrogen and oxygen atoms in total. The summed E-state index contributed by atoms with van der Waals surface area (Å²) in [6.45, 7) is 0. The van der Waals surface area contributed by atoms with Gasteiger partial charge >= 0.3 is 6.18 Å². The molecule has 1 heterocycles. The molecule has 2 rings (SSSR count). The van der Waals surface area contributed by atoms with Crippen molar-refractivity contribution in [3.05, 3.63) is 29.6 Å². The molecule has 1 fully saturated rings. The van der Waals surface area contributed by atoms with Crippen molar-refractivity contribution in [3.63, 3.8) is 0 Å². The molecule has 18 heavy (non-hydrogen) atoms. The molecule has 1 N–H and O–H groups in total. The van der Waals surface area contributed by atoms with E-state index in [4.69, 9.17) is 5.26 Å². The van der Waals surface area contributed by atoms with E-state index in [9.17, 15) is 18.0 Å². The van der Waals surface area contributed by atoms with Crippen LogP contribution in [0.2, 0.25) is 0 Å². The molecule has 1 aliphatic rings. The van der Waals surface area contributed by atoms with Gasteiger partial charge in [-0.2, -0.15) is 18.4 Å². The summed E-state index contributed by atoms with van der Waals surface area (Å²) in [5.74, 6) is -0.880. The van der Waals surface area contributed by atoms with Crippen molar-refractivity contribution in [3.8, 4) is 6.07 Å². The lowest BCUT2D eigenvalue weighted by molar-refractivity contribution is -0.163. The number of nitrogens with one attached hydrogen (secondary N) is 1. The molecule has 1 saturated carbocycles. The summed E-state index contributed by atoms with van der Waals surface area (Å²) < 4.78 is 37.8. The van der Waals surface area contributed by atoms with E-state index in [-0.39, 0.29) is 24.1 Å². The van der Waals surface area contributed by atoms with Crippen molar-refractivity contribution in [1.29, 1.82) is 5.26 Å². The van der Waals surface area contributed by atoms with Crippen LogP contribution in [0.15, 0.2) is 18.3 Å². The highest BCUT2D eigenvalue weighted by Crippen LogP contribution is 2.48. The van der Waals surface area contributed by atoms with Gasteiger partial charge in [-0.1, -0.05) is 0 Å². The highest BCUT2D eigenvalue weighted by Gasteiger charge is 2.64. The van der Waals surface area contributed by atoms with Crippen LogP contribution in [0.5, 0.6) is 0 Å². The maximum absolute atomic E-state index is 12.6. The molecule has 0 atom stereocenters. The van der Waals surface area contributed by atoms with Crippen LogP contribution < -0.4 is 5.32 Å². The lowest BCUT2D eigenvalue weighted by Gasteiger charge is -2.20. The summed E-state index contributed by atoms with van der Waals surface area (Å²) >= 11 is 0. The van der Waals surface area contributed by atoms with Crippen molar-refractivity contribution < 1.29 is 18.0 Å². The fourth-order valence-corrected chi connectivity index (χ4v) is 1.48.